The second kappa shape index (κ2) is 8.87. The van der Waals surface area contributed by atoms with E-state index in [0.29, 0.717) is 23.8 Å². The zero-order valence-corrected chi connectivity index (χ0v) is 17.8. The minimum atomic E-state index is -3.98. The van der Waals surface area contributed by atoms with Gasteiger partial charge in [-0.2, -0.15) is 0 Å². The molecule has 0 fully saturated rings. The summed E-state index contributed by atoms with van der Waals surface area (Å²) >= 11 is 6.11. The number of halogens is 1. The van der Waals surface area contributed by atoms with Crippen LogP contribution in [0, 0.1) is 0 Å². The first-order valence-corrected chi connectivity index (χ1v) is 11.3. The van der Waals surface area contributed by atoms with Crippen molar-refractivity contribution in [3.63, 3.8) is 0 Å². The molecular formula is C22H19ClN2O5S. The molecule has 0 saturated carbocycles. The summed E-state index contributed by atoms with van der Waals surface area (Å²) in [5, 5.41) is 2.76. The summed E-state index contributed by atoms with van der Waals surface area (Å²) < 4.78 is 39.4. The molecule has 3 aromatic carbocycles. The maximum Gasteiger partial charge on any atom is 0.263 e. The van der Waals surface area contributed by atoms with Crippen LogP contribution in [0.2, 0.25) is 5.02 Å². The highest BCUT2D eigenvalue weighted by Crippen LogP contribution is 2.30. The van der Waals surface area contributed by atoms with E-state index in [4.69, 9.17) is 21.1 Å². The van der Waals surface area contributed by atoms with Crippen molar-refractivity contribution in [1.29, 1.82) is 0 Å². The molecule has 0 bridgehead atoms. The van der Waals surface area contributed by atoms with Crippen molar-refractivity contribution in [1.82, 2.24) is 5.32 Å². The smallest absolute Gasteiger partial charge is 0.263 e. The van der Waals surface area contributed by atoms with Crippen LogP contribution >= 0.6 is 11.6 Å². The maximum absolute atomic E-state index is 12.8. The van der Waals surface area contributed by atoms with Crippen molar-refractivity contribution in [2.75, 3.05) is 17.9 Å². The Morgan fingerprint density at radius 2 is 1.71 bits per heavy atom. The average Bonchev–Trinajstić information content (AvgIpc) is 2.78. The quantitative estimate of drug-likeness (QED) is 0.587. The SMILES string of the molecule is O=C(NC[C@@H]1COc2ccccc2O1)c1ccc(Cl)c(S(=O)(=O)Nc2ccccc2)c1. The lowest BCUT2D eigenvalue weighted by molar-refractivity contribution is 0.0789. The Morgan fingerprint density at radius 3 is 2.48 bits per heavy atom. The topological polar surface area (TPSA) is 93.7 Å². The molecule has 1 atom stereocenters. The van der Waals surface area contributed by atoms with Gasteiger partial charge >= 0.3 is 0 Å². The molecule has 160 valence electrons. The van der Waals surface area contributed by atoms with Gasteiger partial charge in [0.1, 0.15) is 17.6 Å². The molecule has 2 N–H and O–H groups in total. The molecule has 0 radical (unpaired) electrons. The first-order chi connectivity index (χ1) is 14.9. The molecule has 1 heterocycles. The van der Waals surface area contributed by atoms with Gasteiger partial charge in [-0.1, -0.05) is 41.9 Å². The number of benzene rings is 3. The minimum absolute atomic E-state index is 0.0144. The highest BCUT2D eigenvalue weighted by molar-refractivity contribution is 7.92. The number of carbonyl (C=O) groups excluding carboxylic acids is 1. The Bertz CT molecular complexity index is 1200. The zero-order chi connectivity index (χ0) is 21.8. The largest absolute Gasteiger partial charge is 0.486 e. The molecule has 9 heteroatoms. The lowest BCUT2D eigenvalue weighted by Crippen LogP contribution is -2.40. The number of rotatable bonds is 6. The average molecular weight is 459 g/mol. The molecular weight excluding hydrogens is 440 g/mol. The Balaban J connectivity index is 1.45. The molecule has 0 saturated heterocycles. The van der Waals surface area contributed by atoms with Crippen LogP contribution in [0.3, 0.4) is 0 Å². The summed E-state index contributed by atoms with van der Waals surface area (Å²) in [5.41, 5.74) is 0.554. The summed E-state index contributed by atoms with van der Waals surface area (Å²) in [6.45, 7) is 0.485. The van der Waals surface area contributed by atoms with Gasteiger partial charge in [0, 0.05) is 11.3 Å². The number of carbonyl (C=O) groups is 1. The minimum Gasteiger partial charge on any atom is -0.486 e. The molecule has 0 aromatic heterocycles. The number of hydrogen-bond donors (Lipinski definition) is 2. The lowest BCUT2D eigenvalue weighted by Gasteiger charge is -2.26. The van der Waals surface area contributed by atoms with Gasteiger partial charge in [-0.15, -0.1) is 0 Å². The summed E-state index contributed by atoms with van der Waals surface area (Å²) in [7, 11) is -3.98. The number of amides is 1. The fourth-order valence-electron chi connectivity index (χ4n) is 3.04. The standard InChI is InChI=1S/C22H19ClN2O5S/c23-18-11-10-15(12-21(18)31(27,28)25-16-6-2-1-3-7-16)22(26)24-13-17-14-29-19-8-4-5-9-20(19)30-17/h1-12,17,25H,13-14H2,(H,24,26)/t17-/m1/s1. The van der Waals surface area contributed by atoms with Gasteiger partial charge in [0.2, 0.25) is 0 Å². The molecule has 31 heavy (non-hydrogen) atoms. The third kappa shape index (κ3) is 4.92. The molecule has 4 rings (SSSR count). The van der Waals surface area contributed by atoms with E-state index in [9.17, 15) is 13.2 Å². The van der Waals surface area contributed by atoms with Crippen molar-refractivity contribution in [3.8, 4) is 11.5 Å². The molecule has 1 aliphatic heterocycles. The highest BCUT2D eigenvalue weighted by atomic mass is 35.5. The fraction of sp³-hybridized carbons (Fsp3) is 0.136. The molecule has 1 amide bonds. The van der Waals surface area contributed by atoms with E-state index in [1.54, 1.807) is 36.4 Å². The monoisotopic (exact) mass is 458 g/mol. The third-order valence-corrected chi connectivity index (χ3v) is 6.43. The summed E-state index contributed by atoms with van der Waals surface area (Å²) in [6, 6.07) is 19.8. The molecule has 0 spiro atoms. The van der Waals surface area contributed by atoms with Crippen LogP contribution in [0.1, 0.15) is 10.4 Å². The molecule has 1 aliphatic rings. The van der Waals surface area contributed by atoms with Crippen molar-refractivity contribution < 1.29 is 22.7 Å². The van der Waals surface area contributed by atoms with E-state index in [2.05, 4.69) is 10.0 Å². The Kier molecular flexibility index (Phi) is 6.01. The van der Waals surface area contributed by atoms with Gasteiger partial charge < -0.3 is 14.8 Å². The summed E-state index contributed by atoms with van der Waals surface area (Å²) in [4.78, 5) is 12.4. The van der Waals surface area contributed by atoms with Gasteiger partial charge in [0.25, 0.3) is 15.9 Å². The normalized spacial score (nSPS) is 15.2. The van der Waals surface area contributed by atoms with Crippen molar-refractivity contribution in [3.05, 3.63) is 83.4 Å². The zero-order valence-electron chi connectivity index (χ0n) is 16.2. The van der Waals surface area contributed by atoms with E-state index >= 15 is 0 Å². The molecule has 0 unspecified atom stereocenters. The predicted molar refractivity (Wildman–Crippen MR) is 117 cm³/mol. The highest BCUT2D eigenvalue weighted by Gasteiger charge is 2.23. The number of ether oxygens (including phenoxy) is 2. The van der Waals surface area contributed by atoms with Gasteiger partial charge in [-0.25, -0.2) is 8.42 Å². The van der Waals surface area contributed by atoms with Crippen LogP contribution < -0.4 is 19.5 Å². The first kappa shape index (κ1) is 21.0. The Morgan fingerprint density at radius 1 is 1.00 bits per heavy atom. The van der Waals surface area contributed by atoms with E-state index in [0.717, 1.165) is 0 Å². The number of hydrogen-bond acceptors (Lipinski definition) is 5. The summed E-state index contributed by atoms with van der Waals surface area (Å²) in [6.07, 6.45) is -0.367. The van der Waals surface area contributed by atoms with E-state index in [-0.39, 0.29) is 28.1 Å². The number of nitrogens with one attached hydrogen (secondary N) is 2. The number of anilines is 1. The van der Waals surface area contributed by atoms with Crippen LogP contribution in [0.5, 0.6) is 11.5 Å². The van der Waals surface area contributed by atoms with Crippen LogP contribution in [-0.2, 0) is 10.0 Å². The van der Waals surface area contributed by atoms with Gasteiger partial charge in [0.05, 0.1) is 11.6 Å². The molecule has 0 aliphatic carbocycles. The second-order valence-corrected chi connectivity index (χ2v) is 8.88. The van der Waals surface area contributed by atoms with E-state index < -0.39 is 15.9 Å². The van der Waals surface area contributed by atoms with Crippen molar-refractivity contribution in [2.24, 2.45) is 0 Å². The van der Waals surface area contributed by atoms with Crippen molar-refractivity contribution >= 4 is 33.2 Å². The van der Waals surface area contributed by atoms with Gasteiger partial charge in [-0.3, -0.25) is 9.52 Å². The van der Waals surface area contributed by atoms with Gasteiger partial charge in [-0.05, 0) is 42.5 Å². The maximum atomic E-state index is 12.8. The van der Waals surface area contributed by atoms with E-state index in [1.807, 2.05) is 18.2 Å². The van der Waals surface area contributed by atoms with Gasteiger partial charge in [0.15, 0.2) is 11.5 Å². The Hall–Kier alpha value is -3.23. The molecule has 3 aromatic rings. The van der Waals surface area contributed by atoms with Crippen LogP contribution in [0.4, 0.5) is 5.69 Å². The Labute approximate surface area is 185 Å². The van der Waals surface area contributed by atoms with Crippen LogP contribution in [-0.4, -0.2) is 33.6 Å². The fourth-order valence-corrected chi connectivity index (χ4v) is 4.62. The lowest BCUT2D eigenvalue weighted by atomic mass is 10.2. The van der Waals surface area contributed by atoms with Crippen LogP contribution in [0.25, 0.3) is 0 Å². The number of sulfonamides is 1. The number of para-hydroxylation sites is 3. The van der Waals surface area contributed by atoms with Crippen LogP contribution in [0.15, 0.2) is 77.7 Å². The predicted octanol–water partition coefficient (Wildman–Crippen LogP) is 3.71. The second-order valence-electron chi connectivity index (χ2n) is 6.82. The molecule has 7 nitrogen and oxygen atoms in total. The summed E-state index contributed by atoms with van der Waals surface area (Å²) in [5.74, 6) is 0.818. The first-order valence-electron chi connectivity index (χ1n) is 9.46. The van der Waals surface area contributed by atoms with E-state index in [1.165, 1.54) is 18.2 Å². The van der Waals surface area contributed by atoms with Crippen molar-refractivity contribution in [2.45, 2.75) is 11.0 Å². The third-order valence-electron chi connectivity index (χ3n) is 4.57. The number of fused-ring (bicyclic) bond motifs is 1.